The van der Waals surface area contributed by atoms with Gasteiger partial charge in [0.15, 0.2) is 6.10 Å². The molecule has 17 heavy (non-hydrogen) atoms. The van der Waals surface area contributed by atoms with Crippen LogP contribution in [0.5, 0.6) is 0 Å². The summed E-state index contributed by atoms with van der Waals surface area (Å²) in [5, 5.41) is 2.21. The maximum Gasteiger partial charge on any atom is 0.263 e. The zero-order valence-electron chi connectivity index (χ0n) is 9.61. The summed E-state index contributed by atoms with van der Waals surface area (Å²) in [7, 11) is 0. The van der Waals surface area contributed by atoms with E-state index in [9.17, 15) is 9.59 Å². The lowest BCUT2D eigenvalue weighted by atomic mass is 10.3. The Labute approximate surface area is 98.1 Å². The average Bonchev–Trinajstić information content (AvgIpc) is 2.60. The van der Waals surface area contributed by atoms with Crippen LogP contribution >= 0.6 is 0 Å². The van der Waals surface area contributed by atoms with Crippen molar-refractivity contribution in [1.29, 1.82) is 0 Å². The number of aromatic nitrogens is 2. The van der Waals surface area contributed by atoms with Crippen molar-refractivity contribution in [3.05, 3.63) is 23.3 Å². The first-order valence-corrected chi connectivity index (χ1v) is 5.26. The first-order valence-electron chi connectivity index (χ1n) is 5.26. The number of imide groups is 1. The number of aryl methyl sites for hydroxylation is 1. The number of hydrogen-bond acceptors (Lipinski definition) is 4. The zero-order chi connectivity index (χ0) is 12.4. The van der Waals surface area contributed by atoms with Crippen LogP contribution in [-0.4, -0.2) is 28.4 Å². The summed E-state index contributed by atoms with van der Waals surface area (Å²) < 4.78 is 5.16. The number of rotatable bonds is 2. The molecule has 6 heteroatoms. The number of allylic oxidation sites excluding steroid dienone is 1. The van der Waals surface area contributed by atoms with Crippen molar-refractivity contribution < 1.29 is 14.3 Å². The number of carbonyl (C=O) groups excluding carboxylic acids is 2. The minimum Gasteiger partial charge on any atom is -0.350 e. The van der Waals surface area contributed by atoms with Crippen molar-refractivity contribution in [3.63, 3.8) is 0 Å². The molecule has 0 aromatic carbocycles. The molecule has 0 aliphatic carbocycles. The molecule has 2 amide bonds. The monoisotopic (exact) mass is 235 g/mol. The van der Waals surface area contributed by atoms with Gasteiger partial charge in [-0.3, -0.25) is 14.9 Å². The maximum absolute atomic E-state index is 11.5. The number of aromatic amines is 1. The molecule has 1 aliphatic heterocycles. The molecular weight excluding hydrogens is 222 g/mol. The number of nitrogens with zero attached hydrogens (tertiary/aromatic N) is 1. The van der Waals surface area contributed by atoms with Crippen molar-refractivity contribution >= 4 is 17.9 Å². The van der Waals surface area contributed by atoms with Crippen LogP contribution in [0.25, 0.3) is 6.08 Å². The van der Waals surface area contributed by atoms with Gasteiger partial charge in [-0.25, -0.2) is 4.98 Å². The summed E-state index contributed by atoms with van der Waals surface area (Å²) in [6.45, 7) is 3.61. The van der Waals surface area contributed by atoms with Gasteiger partial charge >= 0.3 is 0 Å². The van der Waals surface area contributed by atoms with Gasteiger partial charge in [0, 0.05) is 5.69 Å². The van der Waals surface area contributed by atoms with E-state index in [-0.39, 0.29) is 6.61 Å². The summed E-state index contributed by atoms with van der Waals surface area (Å²) in [6.07, 6.45) is 2.85. The smallest absolute Gasteiger partial charge is 0.263 e. The van der Waals surface area contributed by atoms with Crippen LogP contribution in [0.2, 0.25) is 0 Å². The van der Waals surface area contributed by atoms with Gasteiger partial charge in [0.25, 0.3) is 11.8 Å². The van der Waals surface area contributed by atoms with Crippen molar-refractivity contribution in [1.82, 2.24) is 15.3 Å². The molecule has 1 aromatic heterocycles. The van der Waals surface area contributed by atoms with E-state index in [1.54, 1.807) is 0 Å². The molecular formula is C11H13N3O3. The molecule has 0 bridgehead atoms. The predicted octanol–water partition coefficient (Wildman–Crippen LogP) is 0.465. The maximum atomic E-state index is 11.5. The number of hydrogen-bond donors (Lipinski definition) is 2. The Kier molecular flexibility index (Phi) is 3.06. The van der Waals surface area contributed by atoms with E-state index >= 15 is 0 Å². The van der Waals surface area contributed by atoms with Gasteiger partial charge in [0.2, 0.25) is 0 Å². The fourth-order valence-electron chi connectivity index (χ4n) is 1.62. The summed E-state index contributed by atoms with van der Waals surface area (Å²) in [5.41, 5.74) is 1.61. The van der Waals surface area contributed by atoms with Gasteiger partial charge < -0.3 is 9.72 Å². The molecule has 1 aromatic rings. The van der Waals surface area contributed by atoms with E-state index in [0.717, 1.165) is 11.4 Å². The number of amides is 2. The lowest BCUT2D eigenvalue weighted by Crippen LogP contribution is -2.44. The van der Waals surface area contributed by atoms with Crippen LogP contribution in [0.3, 0.4) is 0 Å². The highest BCUT2D eigenvalue weighted by Crippen LogP contribution is 2.19. The predicted molar refractivity (Wildman–Crippen MR) is 59.9 cm³/mol. The van der Waals surface area contributed by atoms with Crippen molar-refractivity contribution in [3.8, 4) is 0 Å². The molecule has 0 spiro atoms. The van der Waals surface area contributed by atoms with E-state index in [2.05, 4.69) is 15.3 Å². The van der Waals surface area contributed by atoms with E-state index in [1.165, 1.54) is 0 Å². The number of imidazole rings is 1. The molecule has 1 saturated heterocycles. The van der Waals surface area contributed by atoms with Gasteiger partial charge in [-0.2, -0.15) is 0 Å². The van der Waals surface area contributed by atoms with Gasteiger partial charge in [-0.15, -0.1) is 0 Å². The van der Waals surface area contributed by atoms with Crippen LogP contribution in [0, 0.1) is 6.92 Å². The Balaban J connectivity index is 2.25. The summed E-state index contributed by atoms with van der Waals surface area (Å²) in [6, 6.07) is 0. The van der Waals surface area contributed by atoms with Crippen molar-refractivity contribution in [2.24, 2.45) is 0 Å². The summed E-state index contributed by atoms with van der Waals surface area (Å²) in [4.78, 5) is 29.7. The van der Waals surface area contributed by atoms with Gasteiger partial charge in [0.1, 0.15) is 12.4 Å². The Hall–Kier alpha value is -1.95. The van der Waals surface area contributed by atoms with E-state index in [0.29, 0.717) is 5.82 Å². The number of H-pyrrole nitrogens is 1. The van der Waals surface area contributed by atoms with Crippen LogP contribution in [0.1, 0.15) is 30.2 Å². The molecule has 1 atom stereocenters. The highest BCUT2D eigenvalue weighted by atomic mass is 16.5. The molecule has 90 valence electrons. The Morgan fingerprint density at radius 1 is 1.47 bits per heavy atom. The number of ether oxygens (including phenoxy) is 1. The van der Waals surface area contributed by atoms with Crippen molar-refractivity contribution in [2.75, 3.05) is 6.61 Å². The van der Waals surface area contributed by atoms with Gasteiger partial charge in [0.05, 0.1) is 5.69 Å². The van der Waals surface area contributed by atoms with Crippen LogP contribution in [0.15, 0.2) is 6.08 Å². The van der Waals surface area contributed by atoms with Crippen molar-refractivity contribution in [2.45, 2.75) is 20.0 Å². The first kappa shape index (κ1) is 11.5. The largest absolute Gasteiger partial charge is 0.350 e. The number of carbonyl (C=O) groups is 2. The molecule has 1 unspecified atom stereocenters. The standard InChI is InChI=1S/C11H13N3O3/c1-3-4-7-6(2)12-10(13-7)9-11(16)14-8(15)5-17-9/h3-4,9H,5H2,1-2H3,(H,12,13)(H,14,15,16)/b4-3-. The molecule has 0 radical (unpaired) electrons. The quantitative estimate of drug-likeness (QED) is 0.729. The normalized spacial score (nSPS) is 20.9. The molecule has 2 heterocycles. The highest BCUT2D eigenvalue weighted by Gasteiger charge is 2.31. The summed E-state index contributed by atoms with van der Waals surface area (Å²) in [5.74, 6) is -0.495. The van der Waals surface area contributed by atoms with Crippen LogP contribution in [0.4, 0.5) is 0 Å². The molecule has 2 rings (SSSR count). The fraction of sp³-hybridized carbons (Fsp3) is 0.364. The minimum absolute atomic E-state index is 0.130. The molecule has 6 nitrogen and oxygen atoms in total. The molecule has 1 fully saturated rings. The number of nitrogens with one attached hydrogen (secondary N) is 2. The van der Waals surface area contributed by atoms with Crippen LogP contribution in [-0.2, 0) is 14.3 Å². The third-order valence-electron chi connectivity index (χ3n) is 2.40. The highest BCUT2D eigenvalue weighted by molar-refractivity contribution is 5.99. The van der Waals surface area contributed by atoms with Crippen LogP contribution < -0.4 is 5.32 Å². The first-order chi connectivity index (χ1) is 8.11. The third kappa shape index (κ3) is 2.26. The molecule has 1 aliphatic rings. The SMILES string of the molecule is C/C=C\c1nc(C2OCC(=O)NC2=O)[nH]c1C. The van der Waals surface area contributed by atoms with Gasteiger partial charge in [-0.1, -0.05) is 6.08 Å². The van der Waals surface area contributed by atoms with E-state index in [1.807, 2.05) is 26.0 Å². The second kappa shape index (κ2) is 4.50. The third-order valence-corrected chi connectivity index (χ3v) is 2.40. The summed E-state index contributed by atoms with van der Waals surface area (Å²) >= 11 is 0. The van der Waals surface area contributed by atoms with Gasteiger partial charge in [-0.05, 0) is 19.9 Å². The lowest BCUT2D eigenvalue weighted by molar-refractivity contribution is -0.150. The topological polar surface area (TPSA) is 84.1 Å². The Bertz CT molecular complexity index is 490. The second-order valence-electron chi connectivity index (χ2n) is 3.74. The lowest BCUT2D eigenvalue weighted by Gasteiger charge is -2.19. The number of morpholine rings is 1. The molecule has 0 saturated carbocycles. The molecule has 2 N–H and O–H groups in total. The van der Waals surface area contributed by atoms with E-state index in [4.69, 9.17) is 4.74 Å². The second-order valence-corrected chi connectivity index (χ2v) is 3.74. The minimum atomic E-state index is -0.842. The fourth-order valence-corrected chi connectivity index (χ4v) is 1.62. The zero-order valence-corrected chi connectivity index (χ0v) is 9.61. The Morgan fingerprint density at radius 2 is 2.24 bits per heavy atom. The van der Waals surface area contributed by atoms with E-state index < -0.39 is 17.9 Å². The average molecular weight is 235 g/mol. The Morgan fingerprint density at radius 3 is 2.88 bits per heavy atom.